The zero-order valence-corrected chi connectivity index (χ0v) is 7.93. The van der Waals surface area contributed by atoms with Crippen molar-refractivity contribution >= 4 is 11.6 Å². The van der Waals surface area contributed by atoms with Crippen LogP contribution in [0.15, 0.2) is 6.20 Å². The second-order valence-electron chi connectivity index (χ2n) is 2.62. The Balaban J connectivity index is 3.27. The monoisotopic (exact) mass is 222 g/mol. The minimum Gasteiger partial charge on any atom is -0.392 e. The number of nitrogens with zero attached hydrogens (tertiary/aromatic N) is 1. The van der Waals surface area contributed by atoms with Gasteiger partial charge in [0.1, 0.15) is 5.69 Å². The number of nitrogens with two attached hydrogens (primary N) is 1. The lowest BCUT2D eigenvalue weighted by Crippen LogP contribution is -2.06. The van der Waals surface area contributed by atoms with E-state index in [0.29, 0.717) is 5.56 Å². The molecule has 0 fully saturated rings. The molecule has 0 aliphatic heterocycles. The number of pyridine rings is 1. The van der Waals surface area contributed by atoms with Crippen molar-refractivity contribution in [1.29, 1.82) is 0 Å². The first-order chi connectivity index (χ1) is 6.61. The minimum absolute atomic E-state index is 0.103. The van der Waals surface area contributed by atoms with Gasteiger partial charge in [0.2, 0.25) is 0 Å². The van der Waals surface area contributed by atoms with Crippen molar-refractivity contribution in [3.63, 3.8) is 0 Å². The summed E-state index contributed by atoms with van der Waals surface area (Å²) in [6, 6.07) is 0. The molecule has 0 amide bonds. The summed E-state index contributed by atoms with van der Waals surface area (Å²) in [5.41, 5.74) is 5.50. The second kappa shape index (κ2) is 4.63. The van der Waals surface area contributed by atoms with Gasteiger partial charge in [-0.3, -0.25) is 4.98 Å². The fraction of sp³-hybridized carbons (Fsp3) is 0.375. The lowest BCUT2D eigenvalue weighted by atomic mass is 10.1. The average Bonchev–Trinajstić information content (AvgIpc) is 2.16. The summed E-state index contributed by atoms with van der Waals surface area (Å²) in [6.07, 6.45) is -1.54. The molecule has 1 aromatic heterocycles. The van der Waals surface area contributed by atoms with Gasteiger partial charge in [-0.25, -0.2) is 8.78 Å². The van der Waals surface area contributed by atoms with Crippen LogP contribution in [0.4, 0.5) is 8.78 Å². The van der Waals surface area contributed by atoms with E-state index in [2.05, 4.69) is 4.98 Å². The first-order valence-electron chi connectivity index (χ1n) is 3.87. The molecule has 3 nitrogen and oxygen atoms in total. The van der Waals surface area contributed by atoms with Crippen LogP contribution in [0.5, 0.6) is 0 Å². The molecule has 14 heavy (non-hydrogen) atoms. The molecule has 1 rings (SSSR count). The smallest absolute Gasteiger partial charge is 0.281 e. The predicted octanol–water partition coefficient (Wildman–Crippen LogP) is 1.62. The minimum atomic E-state index is -2.75. The Bertz CT molecular complexity index is 333. The zero-order valence-electron chi connectivity index (χ0n) is 7.17. The Hall–Kier alpha value is -0.780. The maximum atomic E-state index is 12.3. The van der Waals surface area contributed by atoms with E-state index in [-0.39, 0.29) is 17.1 Å². The zero-order chi connectivity index (χ0) is 10.7. The van der Waals surface area contributed by atoms with Gasteiger partial charge < -0.3 is 10.8 Å². The molecule has 0 aliphatic carbocycles. The number of aliphatic hydroxyl groups is 1. The highest BCUT2D eigenvalue weighted by Crippen LogP contribution is 2.29. The first kappa shape index (κ1) is 11.3. The molecule has 3 N–H and O–H groups in total. The normalized spacial score (nSPS) is 11.0. The van der Waals surface area contributed by atoms with E-state index in [4.69, 9.17) is 22.4 Å². The van der Waals surface area contributed by atoms with Crippen LogP contribution >= 0.6 is 11.6 Å². The van der Waals surface area contributed by atoms with Gasteiger partial charge in [-0.2, -0.15) is 0 Å². The Kier molecular flexibility index (Phi) is 3.74. The molecule has 0 radical (unpaired) electrons. The summed E-state index contributed by atoms with van der Waals surface area (Å²) in [7, 11) is 0. The van der Waals surface area contributed by atoms with Crippen LogP contribution in [-0.4, -0.2) is 10.1 Å². The maximum absolute atomic E-state index is 12.3. The third-order valence-corrected chi connectivity index (χ3v) is 2.24. The predicted molar refractivity (Wildman–Crippen MR) is 48.0 cm³/mol. The molecule has 0 saturated carbocycles. The number of aromatic nitrogens is 1. The Morgan fingerprint density at radius 2 is 2.21 bits per heavy atom. The van der Waals surface area contributed by atoms with Crippen molar-refractivity contribution in [2.45, 2.75) is 19.6 Å². The van der Waals surface area contributed by atoms with Gasteiger partial charge in [0.15, 0.2) is 0 Å². The molecule has 0 bridgehead atoms. The third-order valence-electron chi connectivity index (χ3n) is 1.82. The quantitative estimate of drug-likeness (QED) is 0.817. The molecular formula is C8H9ClF2N2O. The van der Waals surface area contributed by atoms with Gasteiger partial charge in [0.25, 0.3) is 6.43 Å². The fourth-order valence-corrected chi connectivity index (χ4v) is 1.39. The summed E-state index contributed by atoms with van der Waals surface area (Å²) < 4.78 is 24.6. The summed E-state index contributed by atoms with van der Waals surface area (Å²) >= 11 is 5.63. The van der Waals surface area contributed by atoms with Crippen molar-refractivity contribution in [1.82, 2.24) is 4.98 Å². The van der Waals surface area contributed by atoms with E-state index in [0.717, 1.165) is 0 Å². The number of hydrogen-bond acceptors (Lipinski definition) is 3. The Labute approximate surface area is 84.5 Å². The van der Waals surface area contributed by atoms with Crippen LogP contribution in [-0.2, 0) is 13.2 Å². The summed E-state index contributed by atoms with van der Waals surface area (Å²) in [5.74, 6) is 0. The molecule has 0 saturated heterocycles. The van der Waals surface area contributed by atoms with E-state index in [1.807, 2.05) is 0 Å². The Morgan fingerprint density at radius 3 is 2.64 bits per heavy atom. The molecule has 1 aromatic rings. The molecule has 78 valence electrons. The van der Waals surface area contributed by atoms with Gasteiger partial charge in [-0.15, -0.1) is 0 Å². The molecule has 1 heterocycles. The highest BCUT2D eigenvalue weighted by Gasteiger charge is 2.18. The van der Waals surface area contributed by atoms with Gasteiger partial charge in [0.05, 0.1) is 11.6 Å². The van der Waals surface area contributed by atoms with E-state index in [1.165, 1.54) is 6.20 Å². The first-order valence-corrected chi connectivity index (χ1v) is 4.24. The van der Waals surface area contributed by atoms with Crippen molar-refractivity contribution in [2.24, 2.45) is 5.73 Å². The van der Waals surface area contributed by atoms with Crippen LogP contribution in [0.3, 0.4) is 0 Å². The summed E-state index contributed by atoms with van der Waals surface area (Å²) in [6.45, 7) is -0.320. The van der Waals surface area contributed by atoms with E-state index in [1.54, 1.807) is 0 Å². The standard InChI is InChI=1S/C8H9ClF2N2O/c9-6-5(3-14)4(1-12)2-13-7(6)8(10)11/h2,8,14H,1,3,12H2. The van der Waals surface area contributed by atoms with Crippen LogP contribution in [0.1, 0.15) is 23.2 Å². The van der Waals surface area contributed by atoms with Crippen LogP contribution < -0.4 is 5.73 Å². The maximum Gasteiger partial charge on any atom is 0.281 e. The highest BCUT2D eigenvalue weighted by atomic mass is 35.5. The molecule has 6 heteroatoms. The van der Waals surface area contributed by atoms with Crippen molar-refractivity contribution in [3.8, 4) is 0 Å². The van der Waals surface area contributed by atoms with Crippen molar-refractivity contribution in [3.05, 3.63) is 28.0 Å². The number of halogens is 3. The van der Waals surface area contributed by atoms with E-state index < -0.39 is 18.7 Å². The van der Waals surface area contributed by atoms with Gasteiger partial charge in [-0.1, -0.05) is 11.6 Å². The largest absolute Gasteiger partial charge is 0.392 e. The fourth-order valence-electron chi connectivity index (χ4n) is 1.08. The topological polar surface area (TPSA) is 59.1 Å². The van der Waals surface area contributed by atoms with Crippen molar-refractivity contribution in [2.75, 3.05) is 0 Å². The third kappa shape index (κ3) is 2.00. The lowest BCUT2D eigenvalue weighted by Gasteiger charge is -2.10. The van der Waals surface area contributed by atoms with Gasteiger partial charge in [-0.05, 0) is 5.56 Å². The van der Waals surface area contributed by atoms with Gasteiger partial charge >= 0.3 is 0 Å². The second-order valence-corrected chi connectivity index (χ2v) is 3.00. The molecule has 0 unspecified atom stereocenters. The summed E-state index contributed by atoms with van der Waals surface area (Å²) in [4.78, 5) is 3.48. The van der Waals surface area contributed by atoms with Crippen LogP contribution in [0.25, 0.3) is 0 Å². The average molecular weight is 223 g/mol. The van der Waals surface area contributed by atoms with Crippen LogP contribution in [0.2, 0.25) is 5.02 Å². The molecule has 0 aliphatic rings. The molecule has 0 atom stereocenters. The van der Waals surface area contributed by atoms with Gasteiger partial charge in [0, 0.05) is 18.3 Å². The molecule has 0 spiro atoms. The van der Waals surface area contributed by atoms with Crippen molar-refractivity contribution < 1.29 is 13.9 Å². The summed E-state index contributed by atoms with van der Waals surface area (Å²) in [5, 5.41) is 8.72. The van der Waals surface area contributed by atoms with E-state index in [9.17, 15) is 8.78 Å². The number of alkyl halides is 2. The van der Waals surface area contributed by atoms with E-state index >= 15 is 0 Å². The molecular weight excluding hydrogens is 214 g/mol. The number of rotatable bonds is 3. The van der Waals surface area contributed by atoms with Crippen LogP contribution in [0, 0.1) is 0 Å². The Morgan fingerprint density at radius 1 is 1.57 bits per heavy atom. The lowest BCUT2D eigenvalue weighted by molar-refractivity contribution is 0.146. The molecule has 0 aromatic carbocycles. The highest BCUT2D eigenvalue weighted by molar-refractivity contribution is 6.32. The number of aliphatic hydroxyl groups excluding tert-OH is 1. The SMILES string of the molecule is NCc1cnc(C(F)F)c(Cl)c1CO. The number of hydrogen-bond donors (Lipinski definition) is 2.